The number of carbonyl (C=O) groups is 1. The first kappa shape index (κ1) is 19.2. The van der Waals surface area contributed by atoms with E-state index in [1.54, 1.807) is 18.8 Å². The molecule has 0 aromatic heterocycles. The number of benzene rings is 3. The molecule has 0 saturated heterocycles. The monoisotopic (exact) mass is 377 g/mol. The maximum Gasteiger partial charge on any atom is 0.321 e. The number of carboxylic acid groups (broad SMARTS) is 1. The number of hydrogen-bond donors (Lipinski definition) is 2. The lowest BCUT2D eigenvalue weighted by atomic mass is 9.84. The van der Waals surface area contributed by atoms with Gasteiger partial charge in [-0.2, -0.15) is 0 Å². The fourth-order valence-electron chi connectivity index (χ4n) is 3.26. The van der Waals surface area contributed by atoms with Crippen LogP contribution in [-0.2, 0) is 9.54 Å². The molecule has 0 radical (unpaired) electrons. The summed E-state index contributed by atoms with van der Waals surface area (Å²) in [6.45, 7) is 0. The minimum atomic E-state index is -0.840. The van der Waals surface area contributed by atoms with Gasteiger partial charge in [0.1, 0.15) is 6.04 Å². The second-order valence-corrected chi connectivity index (χ2v) is 7.50. The van der Waals surface area contributed by atoms with Crippen molar-refractivity contribution < 1.29 is 9.90 Å². The van der Waals surface area contributed by atoms with Crippen LogP contribution in [0.15, 0.2) is 91.0 Å². The van der Waals surface area contributed by atoms with Gasteiger partial charge < -0.3 is 10.4 Å². The van der Waals surface area contributed by atoms with Gasteiger partial charge >= 0.3 is 5.97 Å². The first-order chi connectivity index (χ1) is 13.2. The van der Waals surface area contributed by atoms with Crippen molar-refractivity contribution in [1.29, 1.82) is 0 Å². The second kappa shape index (κ2) is 8.89. The highest BCUT2D eigenvalue weighted by atomic mass is 32.2. The molecule has 2 N–H and O–H groups in total. The number of rotatable bonds is 8. The van der Waals surface area contributed by atoms with Gasteiger partial charge in [-0.3, -0.25) is 4.79 Å². The SMILES string of the molecule is CNC(CSC(c1ccccc1)(c1ccccc1)c1ccccc1)C(=O)O. The zero-order valence-electron chi connectivity index (χ0n) is 15.2. The number of nitrogens with one attached hydrogen (secondary N) is 1. The van der Waals surface area contributed by atoms with Crippen molar-refractivity contribution in [2.45, 2.75) is 10.8 Å². The molecule has 3 aromatic rings. The zero-order valence-corrected chi connectivity index (χ0v) is 16.0. The van der Waals surface area contributed by atoms with Crippen LogP contribution in [0.4, 0.5) is 0 Å². The van der Waals surface area contributed by atoms with Crippen LogP contribution < -0.4 is 5.32 Å². The van der Waals surface area contributed by atoms with E-state index in [9.17, 15) is 9.90 Å². The minimum Gasteiger partial charge on any atom is -0.480 e. The van der Waals surface area contributed by atoms with E-state index in [1.807, 2.05) is 54.6 Å². The largest absolute Gasteiger partial charge is 0.480 e. The molecule has 1 unspecified atom stereocenters. The van der Waals surface area contributed by atoms with Gasteiger partial charge in [-0.05, 0) is 23.7 Å². The third kappa shape index (κ3) is 4.07. The van der Waals surface area contributed by atoms with E-state index in [-0.39, 0.29) is 0 Å². The Morgan fingerprint density at radius 1 is 0.852 bits per heavy atom. The molecule has 0 fully saturated rings. The molecule has 3 nitrogen and oxygen atoms in total. The molecule has 0 heterocycles. The highest BCUT2D eigenvalue weighted by molar-refractivity contribution is 8.00. The Morgan fingerprint density at radius 2 is 1.22 bits per heavy atom. The number of carboxylic acids is 1. The average molecular weight is 378 g/mol. The zero-order chi connectivity index (χ0) is 19.1. The van der Waals surface area contributed by atoms with Gasteiger partial charge in [0.15, 0.2) is 0 Å². The fourth-order valence-corrected chi connectivity index (χ4v) is 4.89. The Bertz CT molecular complexity index is 757. The minimum absolute atomic E-state index is 0.435. The van der Waals surface area contributed by atoms with Crippen molar-refractivity contribution >= 4 is 17.7 Å². The van der Waals surface area contributed by atoms with Crippen LogP contribution in [0.3, 0.4) is 0 Å². The Balaban J connectivity index is 2.18. The lowest BCUT2D eigenvalue weighted by Gasteiger charge is -2.36. The summed E-state index contributed by atoms with van der Waals surface area (Å²) in [5, 5.41) is 12.4. The summed E-state index contributed by atoms with van der Waals surface area (Å²) in [4.78, 5) is 11.6. The Kier molecular flexibility index (Phi) is 6.32. The topological polar surface area (TPSA) is 49.3 Å². The van der Waals surface area contributed by atoms with Gasteiger partial charge in [-0.25, -0.2) is 0 Å². The molecular weight excluding hydrogens is 354 g/mol. The third-order valence-corrected chi connectivity index (χ3v) is 6.29. The molecule has 3 rings (SSSR count). The van der Waals surface area contributed by atoms with Crippen molar-refractivity contribution in [3.05, 3.63) is 108 Å². The van der Waals surface area contributed by atoms with Crippen molar-refractivity contribution in [3.63, 3.8) is 0 Å². The molecule has 27 heavy (non-hydrogen) atoms. The smallest absolute Gasteiger partial charge is 0.321 e. The van der Waals surface area contributed by atoms with E-state index in [1.165, 1.54) is 0 Å². The Morgan fingerprint density at radius 3 is 1.52 bits per heavy atom. The summed E-state index contributed by atoms with van der Waals surface area (Å²) in [6, 6.07) is 30.3. The number of aliphatic carboxylic acids is 1. The molecule has 0 saturated carbocycles. The summed E-state index contributed by atoms with van der Waals surface area (Å²) in [6.07, 6.45) is 0. The Labute approximate surface area is 164 Å². The first-order valence-corrected chi connectivity index (χ1v) is 9.87. The summed E-state index contributed by atoms with van der Waals surface area (Å²) in [7, 11) is 1.69. The van der Waals surface area contributed by atoms with Crippen molar-refractivity contribution in [1.82, 2.24) is 5.32 Å². The quantitative estimate of drug-likeness (QED) is 0.572. The van der Waals surface area contributed by atoms with Crippen LogP contribution in [-0.4, -0.2) is 29.9 Å². The highest BCUT2D eigenvalue weighted by Crippen LogP contribution is 2.48. The number of thioether (sulfide) groups is 1. The molecule has 0 aliphatic heterocycles. The molecule has 0 aliphatic rings. The maximum atomic E-state index is 11.6. The van der Waals surface area contributed by atoms with E-state index < -0.39 is 16.8 Å². The molecule has 0 bridgehead atoms. The second-order valence-electron chi connectivity index (χ2n) is 6.27. The van der Waals surface area contributed by atoms with Crippen molar-refractivity contribution in [3.8, 4) is 0 Å². The molecule has 3 aromatic carbocycles. The van der Waals surface area contributed by atoms with E-state index in [4.69, 9.17) is 0 Å². The summed E-state index contributed by atoms with van der Waals surface area (Å²) in [5.41, 5.74) is 3.40. The maximum absolute atomic E-state index is 11.6. The Hall–Kier alpha value is -2.56. The van der Waals surface area contributed by atoms with Crippen LogP contribution >= 0.6 is 11.8 Å². The van der Waals surface area contributed by atoms with Crippen LogP contribution in [0, 0.1) is 0 Å². The van der Waals surface area contributed by atoms with E-state index in [2.05, 4.69) is 41.7 Å². The number of hydrogen-bond acceptors (Lipinski definition) is 3. The normalized spacial score (nSPS) is 12.5. The first-order valence-electron chi connectivity index (χ1n) is 8.89. The van der Waals surface area contributed by atoms with Gasteiger partial charge in [-0.15, -0.1) is 11.8 Å². The van der Waals surface area contributed by atoms with Gasteiger partial charge in [0.05, 0.1) is 4.75 Å². The lowest BCUT2D eigenvalue weighted by Crippen LogP contribution is -2.38. The average Bonchev–Trinajstić information content (AvgIpc) is 2.73. The molecule has 4 heteroatoms. The van der Waals surface area contributed by atoms with Crippen LogP contribution in [0.1, 0.15) is 16.7 Å². The summed E-state index contributed by atoms with van der Waals surface area (Å²) in [5.74, 6) is -0.405. The van der Waals surface area contributed by atoms with E-state index >= 15 is 0 Å². The molecule has 1 atom stereocenters. The predicted octanol–water partition coefficient (Wildman–Crippen LogP) is 4.38. The third-order valence-electron chi connectivity index (χ3n) is 4.65. The van der Waals surface area contributed by atoms with Gasteiger partial charge in [0.2, 0.25) is 0 Å². The standard InChI is InChI=1S/C23H23NO2S/c1-24-21(22(25)26)17-27-23(18-11-5-2-6-12-18,19-13-7-3-8-14-19)20-15-9-4-10-16-20/h2-16,21,24H,17H2,1H3,(H,25,26). The van der Waals surface area contributed by atoms with Crippen LogP contribution in [0.2, 0.25) is 0 Å². The van der Waals surface area contributed by atoms with Crippen LogP contribution in [0.25, 0.3) is 0 Å². The summed E-state index contributed by atoms with van der Waals surface area (Å²) < 4.78 is -0.492. The van der Waals surface area contributed by atoms with E-state index in [0.29, 0.717) is 5.75 Å². The molecular formula is C23H23NO2S. The molecule has 138 valence electrons. The van der Waals surface area contributed by atoms with Gasteiger partial charge in [0, 0.05) is 5.75 Å². The fraction of sp³-hybridized carbons (Fsp3) is 0.174. The van der Waals surface area contributed by atoms with Gasteiger partial charge in [0.25, 0.3) is 0 Å². The predicted molar refractivity (Wildman–Crippen MR) is 112 cm³/mol. The van der Waals surface area contributed by atoms with Crippen molar-refractivity contribution in [2.75, 3.05) is 12.8 Å². The van der Waals surface area contributed by atoms with Crippen LogP contribution in [0.5, 0.6) is 0 Å². The molecule has 0 amide bonds. The highest BCUT2D eigenvalue weighted by Gasteiger charge is 2.38. The molecule has 0 spiro atoms. The summed E-state index contributed by atoms with van der Waals surface area (Å²) >= 11 is 1.65. The molecule has 0 aliphatic carbocycles. The van der Waals surface area contributed by atoms with Gasteiger partial charge in [-0.1, -0.05) is 91.0 Å². The van der Waals surface area contributed by atoms with E-state index in [0.717, 1.165) is 16.7 Å². The lowest BCUT2D eigenvalue weighted by molar-refractivity contribution is -0.138. The van der Waals surface area contributed by atoms with Crippen molar-refractivity contribution in [2.24, 2.45) is 0 Å². The number of likely N-dealkylation sites (N-methyl/N-ethyl adjacent to an activating group) is 1.